The lowest BCUT2D eigenvalue weighted by molar-refractivity contribution is 0.357. The van der Waals surface area contributed by atoms with Crippen molar-refractivity contribution in [2.24, 2.45) is 0 Å². The highest BCUT2D eigenvalue weighted by atomic mass is 32.2. The van der Waals surface area contributed by atoms with Crippen LogP contribution < -0.4 is 10.1 Å². The van der Waals surface area contributed by atoms with Gasteiger partial charge in [-0.05, 0) is 17.2 Å². The number of fused-ring (bicyclic) bond motifs is 1. The van der Waals surface area contributed by atoms with Crippen LogP contribution in [0.25, 0.3) is 0 Å². The quantitative estimate of drug-likeness (QED) is 0.780. The SMILES string of the molecule is CCS(=O)CCNCc1ccc2c(c1)CCO2. The van der Waals surface area contributed by atoms with Crippen LogP contribution >= 0.6 is 0 Å². The summed E-state index contributed by atoms with van der Waals surface area (Å²) in [7, 11) is -0.667. The molecule has 1 unspecified atom stereocenters. The molecule has 1 N–H and O–H groups in total. The Hall–Kier alpha value is -0.870. The predicted molar refractivity (Wildman–Crippen MR) is 70.9 cm³/mol. The van der Waals surface area contributed by atoms with Gasteiger partial charge in [0, 0.05) is 41.8 Å². The van der Waals surface area contributed by atoms with Gasteiger partial charge in [-0.2, -0.15) is 0 Å². The second-order valence-corrected chi connectivity index (χ2v) is 6.02. The van der Waals surface area contributed by atoms with E-state index in [0.29, 0.717) is 0 Å². The summed E-state index contributed by atoms with van der Waals surface area (Å²) in [4.78, 5) is 0. The Morgan fingerprint density at radius 2 is 2.35 bits per heavy atom. The zero-order valence-electron chi connectivity index (χ0n) is 10.2. The summed E-state index contributed by atoms with van der Waals surface area (Å²) in [5.74, 6) is 2.52. The molecule has 3 nitrogen and oxygen atoms in total. The zero-order chi connectivity index (χ0) is 12.1. The molecule has 1 aromatic rings. The molecule has 1 aliphatic heterocycles. The topological polar surface area (TPSA) is 38.3 Å². The first kappa shape index (κ1) is 12.6. The van der Waals surface area contributed by atoms with Gasteiger partial charge in [0.05, 0.1) is 6.61 Å². The maximum atomic E-state index is 11.2. The van der Waals surface area contributed by atoms with E-state index in [1.165, 1.54) is 11.1 Å². The average Bonchev–Trinajstić information content (AvgIpc) is 2.81. The van der Waals surface area contributed by atoms with Crippen molar-refractivity contribution in [1.82, 2.24) is 5.32 Å². The number of hydrogen-bond donors (Lipinski definition) is 1. The van der Waals surface area contributed by atoms with Gasteiger partial charge in [-0.1, -0.05) is 19.1 Å². The van der Waals surface area contributed by atoms with Crippen LogP contribution in [0.1, 0.15) is 18.1 Å². The molecule has 0 saturated carbocycles. The molecule has 94 valence electrons. The molecular formula is C13H19NO2S. The Labute approximate surface area is 105 Å². The molecule has 0 fully saturated rings. The lowest BCUT2D eigenvalue weighted by Gasteiger charge is -2.06. The van der Waals surface area contributed by atoms with Gasteiger partial charge in [0.15, 0.2) is 0 Å². The summed E-state index contributed by atoms with van der Waals surface area (Å²) in [6.07, 6.45) is 1.02. The van der Waals surface area contributed by atoms with E-state index >= 15 is 0 Å². The van der Waals surface area contributed by atoms with Gasteiger partial charge in [-0.3, -0.25) is 4.21 Å². The molecule has 2 rings (SSSR count). The Bertz CT molecular complexity index is 406. The fourth-order valence-corrected chi connectivity index (χ4v) is 2.57. The Morgan fingerprint density at radius 3 is 3.18 bits per heavy atom. The number of rotatable bonds is 6. The molecule has 1 aliphatic rings. The van der Waals surface area contributed by atoms with E-state index in [1.807, 2.05) is 13.0 Å². The number of nitrogens with one attached hydrogen (secondary N) is 1. The molecule has 1 atom stereocenters. The molecule has 0 spiro atoms. The average molecular weight is 253 g/mol. The van der Waals surface area contributed by atoms with E-state index in [0.717, 1.165) is 43.4 Å². The molecule has 1 aromatic carbocycles. The first-order valence-corrected chi connectivity index (χ1v) is 7.58. The van der Waals surface area contributed by atoms with E-state index in [4.69, 9.17) is 4.74 Å². The first-order chi connectivity index (χ1) is 8.29. The van der Waals surface area contributed by atoms with Gasteiger partial charge in [-0.15, -0.1) is 0 Å². The predicted octanol–water partition coefficient (Wildman–Crippen LogP) is 1.48. The standard InChI is InChI=1S/C13H19NO2S/c1-2-17(15)8-6-14-10-11-3-4-13-12(9-11)5-7-16-13/h3-4,9,14H,2,5-8,10H2,1H3. The second kappa shape index (κ2) is 6.17. The molecule has 0 aliphatic carbocycles. The Morgan fingerprint density at radius 1 is 1.47 bits per heavy atom. The monoisotopic (exact) mass is 253 g/mol. The highest BCUT2D eigenvalue weighted by Crippen LogP contribution is 2.25. The normalized spacial score (nSPS) is 15.4. The lowest BCUT2D eigenvalue weighted by Crippen LogP contribution is -2.20. The minimum Gasteiger partial charge on any atom is -0.493 e. The van der Waals surface area contributed by atoms with E-state index < -0.39 is 10.8 Å². The molecular weight excluding hydrogens is 234 g/mol. The Kier molecular flexibility index (Phi) is 4.57. The minimum atomic E-state index is -0.667. The fraction of sp³-hybridized carbons (Fsp3) is 0.538. The summed E-state index contributed by atoms with van der Waals surface area (Å²) >= 11 is 0. The van der Waals surface area contributed by atoms with Gasteiger partial charge < -0.3 is 10.1 Å². The highest BCUT2D eigenvalue weighted by Gasteiger charge is 2.11. The van der Waals surface area contributed by atoms with Gasteiger partial charge in [-0.25, -0.2) is 0 Å². The van der Waals surface area contributed by atoms with E-state index in [1.54, 1.807) is 0 Å². The summed E-state index contributed by atoms with van der Waals surface area (Å²) in [5, 5.41) is 3.32. The van der Waals surface area contributed by atoms with Gasteiger partial charge in [0.1, 0.15) is 5.75 Å². The van der Waals surface area contributed by atoms with Crippen molar-refractivity contribution in [2.45, 2.75) is 19.9 Å². The van der Waals surface area contributed by atoms with Crippen molar-refractivity contribution in [3.05, 3.63) is 29.3 Å². The van der Waals surface area contributed by atoms with Crippen molar-refractivity contribution in [1.29, 1.82) is 0 Å². The second-order valence-electron chi connectivity index (χ2n) is 4.15. The van der Waals surface area contributed by atoms with E-state index in [2.05, 4.69) is 17.4 Å². The molecule has 0 saturated heterocycles. The minimum absolute atomic E-state index is 0.667. The number of ether oxygens (including phenoxy) is 1. The van der Waals surface area contributed by atoms with Crippen LogP contribution in [0.5, 0.6) is 5.75 Å². The van der Waals surface area contributed by atoms with Crippen molar-refractivity contribution < 1.29 is 8.95 Å². The zero-order valence-corrected chi connectivity index (χ0v) is 11.0. The van der Waals surface area contributed by atoms with Crippen molar-refractivity contribution >= 4 is 10.8 Å². The van der Waals surface area contributed by atoms with Crippen molar-refractivity contribution in [3.63, 3.8) is 0 Å². The summed E-state index contributed by atoms with van der Waals surface area (Å²) in [5.41, 5.74) is 2.58. The molecule has 4 heteroatoms. The fourth-order valence-electron chi connectivity index (χ4n) is 1.91. The highest BCUT2D eigenvalue weighted by molar-refractivity contribution is 7.84. The molecule has 1 heterocycles. The van der Waals surface area contributed by atoms with Crippen LogP contribution in [-0.2, 0) is 23.8 Å². The van der Waals surface area contributed by atoms with Crippen LogP contribution in [0.15, 0.2) is 18.2 Å². The van der Waals surface area contributed by atoms with E-state index in [9.17, 15) is 4.21 Å². The number of benzene rings is 1. The van der Waals surface area contributed by atoms with Gasteiger partial charge in [0.2, 0.25) is 0 Å². The van der Waals surface area contributed by atoms with Crippen LogP contribution in [0, 0.1) is 0 Å². The summed E-state index contributed by atoms with van der Waals surface area (Å²) in [6.45, 7) is 4.42. The van der Waals surface area contributed by atoms with Crippen LogP contribution in [-0.4, -0.2) is 28.9 Å². The lowest BCUT2D eigenvalue weighted by atomic mass is 10.1. The molecule has 0 bridgehead atoms. The third-order valence-electron chi connectivity index (χ3n) is 2.91. The van der Waals surface area contributed by atoms with Crippen LogP contribution in [0.2, 0.25) is 0 Å². The van der Waals surface area contributed by atoms with Crippen molar-refractivity contribution in [3.8, 4) is 5.75 Å². The van der Waals surface area contributed by atoms with Crippen LogP contribution in [0.4, 0.5) is 0 Å². The van der Waals surface area contributed by atoms with Crippen LogP contribution in [0.3, 0.4) is 0 Å². The van der Waals surface area contributed by atoms with Crippen molar-refractivity contribution in [2.75, 3.05) is 24.7 Å². The van der Waals surface area contributed by atoms with Gasteiger partial charge in [0.25, 0.3) is 0 Å². The number of hydrogen-bond acceptors (Lipinski definition) is 3. The third kappa shape index (κ3) is 3.54. The molecule has 0 radical (unpaired) electrons. The molecule has 0 aromatic heterocycles. The van der Waals surface area contributed by atoms with Gasteiger partial charge >= 0.3 is 0 Å². The molecule has 17 heavy (non-hydrogen) atoms. The summed E-state index contributed by atoms with van der Waals surface area (Å²) in [6, 6.07) is 6.34. The smallest absolute Gasteiger partial charge is 0.122 e. The molecule has 0 amide bonds. The summed E-state index contributed by atoms with van der Waals surface area (Å²) < 4.78 is 16.7. The third-order valence-corrected chi connectivity index (χ3v) is 4.21. The maximum absolute atomic E-state index is 11.2. The Balaban J connectivity index is 1.78. The van der Waals surface area contributed by atoms with E-state index in [-0.39, 0.29) is 0 Å². The first-order valence-electron chi connectivity index (χ1n) is 6.10. The largest absolute Gasteiger partial charge is 0.493 e. The maximum Gasteiger partial charge on any atom is 0.122 e.